The molecule has 0 atom stereocenters. The lowest BCUT2D eigenvalue weighted by atomic mass is 10.2. The van der Waals surface area contributed by atoms with E-state index in [-0.39, 0.29) is 17.4 Å². The van der Waals surface area contributed by atoms with Crippen LogP contribution in [0.2, 0.25) is 5.02 Å². The fraction of sp³-hybridized carbons (Fsp3) is 0.385. The van der Waals surface area contributed by atoms with Crippen molar-refractivity contribution in [3.8, 4) is 0 Å². The molecule has 0 unspecified atom stereocenters. The number of carbonyl (C=O) groups excluding carboxylic acids is 1. The summed E-state index contributed by atoms with van der Waals surface area (Å²) >= 11 is 11.5. The van der Waals surface area contributed by atoms with Gasteiger partial charge in [-0.25, -0.2) is 9.37 Å². The average Bonchev–Trinajstić information content (AvgIpc) is 2.68. The standard InChI is InChI=1S/C13H14Cl2FN3O/c14-4-3-13-18-10-6-8(15)9(16)7-11(10)19(13)5-1-2-12(17)20/h6-7H,1-5H2,(H2,17,20). The fourth-order valence-corrected chi connectivity index (χ4v) is 2.43. The molecule has 2 aromatic rings. The molecule has 0 saturated heterocycles. The van der Waals surface area contributed by atoms with E-state index < -0.39 is 5.82 Å². The molecular formula is C13H14Cl2FN3O. The van der Waals surface area contributed by atoms with Gasteiger partial charge in [0.25, 0.3) is 0 Å². The number of benzene rings is 1. The van der Waals surface area contributed by atoms with Gasteiger partial charge in [0.05, 0.1) is 16.1 Å². The molecule has 0 aliphatic rings. The first kappa shape index (κ1) is 15.1. The quantitative estimate of drug-likeness (QED) is 0.833. The number of carbonyl (C=O) groups is 1. The number of primary amides is 1. The van der Waals surface area contributed by atoms with Crippen molar-refractivity contribution in [2.75, 3.05) is 5.88 Å². The van der Waals surface area contributed by atoms with Crippen molar-refractivity contribution in [1.29, 1.82) is 0 Å². The zero-order valence-electron chi connectivity index (χ0n) is 10.7. The van der Waals surface area contributed by atoms with Gasteiger partial charge in [0, 0.05) is 31.3 Å². The van der Waals surface area contributed by atoms with Crippen molar-refractivity contribution in [3.63, 3.8) is 0 Å². The van der Waals surface area contributed by atoms with E-state index in [9.17, 15) is 9.18 Å². The summed E-state index contributed by atoms with van der Waals surface area (Å²) in [5, 5.41) is 0.0386. The second-order valence-electron chi connectivity index (χ2n) is 4.44. The van der Waals surface area contributed by atoms with Gasteiger partial charge in [0.2, 0.25) is 5.91 Å². The molecule has 4 nitrogen and oxygen atoms in total. The number of aryl methyl sites for hydroxylation is 2. The van der Waals surface area contributed by atoms with Crippen LogP contribution in [0.15, 0.2) is 12.1 Å². The third kappa shape index (κ3) is 3.22. The van der Waals surface area contributed by atoms with Crippen LogP contribution in [0.4, 0.5) is 4.39 Å². The lowest BCUT2D eigenvalue weighted by molar-refractivity contribution is -0.118. The Balaban J connectivity index is 2.39. The second-order valence-corrected chi connectivity index (χ2v) is 5.23. The molecule has 0 spiro atoms. The van der Waals surface area contributed by atoms with Gasteiger partial charge in [-0.15, -0.1) is 11.6 Å². The smallest absolute Gasteiger partial charge is 0.217 e. The molecule has 0 fully saturated rings. The summed E-state index contributed by atoms with van der Waals surface area (Å²) in [5.74, 6) is 0.311. The highest BCUT2D eigenvalue weighted by Crippen LogP contribution is 2.24. The number of rotatable bonds is 6. The fourth-order valence-electron chi connectivity index (χ4n) is 2.11. The monoisotopic (exact) mass is 317 g/mol. The number of aromatic nitrogens is 2. The van der Waals surface area contributed by atoms with E-state index in [1.165, 1.54) is 12.1 Å². The molecule has 0 aliphatic heterocycles. The second kappa shape index (κ2) is 6.41. The molecule has 1 heterocycles. The molecule has 0 bridgehead atoms. The van der Waals surface area contributed by atoms with Crippen molar-refractivity contribution in [3.05, 3.63) is 28.8 Å². The largest absolute Gasteiger partial charge is 0.370 e. The Morgan fingerprint density at radius 3 is 2.85 bits per heavy atom. The summed E-state index contributed by atoms with van der Waals surface area (Å²) in [5.41, 5.74) is 6.39. The summed E-state index contributed by atoms with van der Waals surface area (Å²) in [7, 11) is 0. The van der Waals surface area contributed by atoms with Crippen LogP contribution >= 0.6 is 23.2 Å². The van der Waals surface area contributed by atoms with Gasteiger partial charge in [-0.05, 0) is 12.5 Å². The molecule has 1 aromatic carbocycles. The van der Waals surface area contributed by atoms with Gasteiger partial charge >= 0.3 is 0 Å². The lowest BCUT2D eigenvalue weighted by Crippen LogP contribution is -2.12. The molecule has 1 aromatic heterocycles. The summed E-state index contributed by atoms with van der Waals surface area (Å²) in [4.78, 5) is 15.2. The first-order valence-electron chi connectivity index (χ1n) is 6.21. The van der Waals surface area contributed by atoms with E-state index >= 15 is 0 Å². The van der Waals surface area contributed by atoms with Crippen LogP contribution in [-0.4, -0.2) is 21.3 Å². The molecule has 1 amide bonds. The Bertz CT molecular complexity index is 642. The van der Waals surface area contributed by atoms with Gasteiger partial charge in [-0.3, -0.25) is 4.79 Å². The summed E-state index contributed by atoms with van der Waals surface area (Å²) in [6, 6.07) is 2.85. The summed E-state index contributed by atoms with van der Waals surface area (Å²) in [6.07, 6.45) is 1.41. The van der Waals surface area contributed by atoms with E-state index in [1.807, 2.05) is 4.57 Å². The molecule has 2 rings (SSSR count). The van der Waals surface area contributed by atoms with Gasteiger partial charge in [-0.1, -0.05) is 11.6 Å². The number of alkyl halides is 1. The number of nitrogens with zero attached hydrogens (tertiary/aromatic N) is 2. The van der Waals surface area contributed by atoms with E-state index in [4.69, 9.17) is 28.9 Å². The van der Waals surface area contributed by atoms with Gasteiger partial charge < -0.3 is 10.3 Å². The predicted molar refractivity (Wildman–Crippen MR) is 77.6 cm³/mol. The van der Waals surface area contributed by atoms with Crippen LogP contribution in [0.25, 0.3) is 11.0 Å². The maximum atomic E-state index is 13.6. The minimum Gasteiger partial charge on any atom is -0.370 e. The number of fused-ring (bicyclic) bond motifs is 1. The topological polar surface area (TPSA) is 60.9 Å². The van der Waals surface area contributed by atoms with Gasteiger partial charge in [0.15, 0.2) is 0 Å². The molecule has 0 saturated carbocycles. The van der Waals surface area contributed by atoms with Crippen LogP contribution in [0, 0.1) is 5.82 Å². The Kier molecular flexibility index (Phi) is 4.83. The normalized spacial score (nSPS) is 11.2. The molecule has 20 heavy (non-hydrogen) atoms. The van der Waals surface area contributed by atoms with Crippen LogP contribution in [0.3, 0.4) is 0 Å². The van der Waals surface area contributed by atoms with Crippen molar-refractivity contribution in [2.45, 2.75) is 25.8 Å². The summed E-state index contributed by atoms with van der Waals surface area (Å²) < 4.78 is 15.5. The zero-order valence-corrected chi connectivity index (χ0v) is 12.2. The predicted octanol–water partition coefficient (Wildman–Crippen LogP) is 2.88. The van der Waals surface area contributed by atoms with Gasteiger partial charge in [0.1, 0.15) is 11.6 Å². The average molecular weight is 318 g/mol. The Morgan fingerprint density at radius 1 is 1.45 bits per heavy atom. The Labute approximate surface area is 125 Å². The number of halogens is 3. The number of hydrogen-bond donors (Lipinski definition) is 1. The van der Waals surface area contributed by atoms with E-state index in [1.54, 1.807) is 0 Å². The zero-order chi connectivity index (χ0) is 14.7. The number of amides is 1. The Morgan fingerprint density at radius 2 is 2.20 bits per heavy atom. The van der Waals surface area contributed by atoms with E-state index in [2.05, 4.69) is 4.98 Å². The SMILES string of the molecule is NC(=O)CCCn1c(CCCl)nc2cc(Cl)c(F)cc21. The number of nitrogens with two attached hydrogens (primary N) is 1. The molecule has 0 aliphatic carbocycles. The van der Waals surface area contributed by atoms with Crippen LogP contribution < -0.4 is 5.73 Å². The highest BCUT2D eigenvalue weighted by atomic mass is 35.5. The highest BCUT2D eigenvalue weighted by Gasteiger charge is 2.13. The molecule has 7 heteroatoms. The molecule has 108 valence electrons. The van der Waals surface area contributed by atoms with Crippen molar-refractivity contribution in [1.82, 2.24) is 9.55 Å². The van der Waals surface area contributed by atoms with Crippen LogP contribution in [-0.2, 0) is 17.8 Å². The third-order valence-corrected chi connectivity index (χ3v) is 3.47. The molecule has 2 N–H and O–H groups in total. The minimum atomic E-state index is -0.493. The van der Waals surface area contributed by atoms with Crippen molar-refractivity contribution in [2.24, 2.45) is 5.73 Å². The summed E-state index contributed by atoms with van der Waals surface area (Å²) in [6.45, 7) is 0.534. The van der Waals surface area contributed by atoms with E-state index in [0.29, 0.717) is 36.3 Å². The van der Waals surface area contributed by atoms with Crippen LogP contribution in [0.5, 0.6) is 0 Å². The lowest BCUT2D eigenvalue weighted by Gasteiger charge is -2.07. The first-order valence-corrected chi connectivity index (χ1v) is 7.12. The van der Waals surface area contributed by atoms with Crippen LogP contribution in [0.1, 0.15) is 18.7 Å². The highest BCUT2D eigenvalue weighted by molar-refractivity contribution is 6.31. The van der Waals surface area contributed by atoms with Crippen molar-refractivity contribution >= 4 is 40.1 Å². The first-order chi connectivity index (χ1) is 9.52. The van der Waals surface area contributed by atoms with Gasteiger partial charge in [-0.2, -0.15) is 0 Å². The molecule has 0 radical (unpaired) electrons. The molecular weight excluding hydrogens is 304 g/mol. The maximum Gasteiger partial charge on any atom is 0.217 e. The third-order valence-electron chi connectivity index (χ3n) is 2.99. The number of hydrogen-bond acceptors (Lipinski definition) is 2. The number of imidazole rings is 1. The van der Waals surface area contributed by atoms with Crippen molar-refractivity contribution < 1.29 is 9.18 Å². The Hall–Kier alpha value is -1.33. The maximum absolute atomic E-state index is 13.6. The van der Waals surface area contributed by atoms with E-state index in [0.717, 1.165) is 5.82 Å². The minimum absolute atomic E-state index is 0.0386.